The van der Waals surface area contributed by atoms with Crippen LogP contribution in [0.15, 0.2) is 18.2 Å². The summed E-state index contributed by atoms with van der Waals surface area (Å²) in [5, 5.41) is 0. The van der Waals surface area contributed by atoms with E-state index in [4.69, 9.17) is 5.73 Å². The molecule has 0 saturated heterocycles. The van der Waals surface area contributed by atoms with E-state index in [1.165, 1.54) is 25.3 Å². The highest BCUT2D eigenvalue weighted by molar-refractivity contribution is 7.98. The molecule has 1 aromatic rings. The molecule has 0 saturated carbocycles. The van der Waals surface area contributed by atoms with Crippen LogP contribution in [0.4, 0.5) is 4.39 Å². The molecule has 0 amide bonds. The second kappa shape index (κ2) is 9.02. The van der Waals surface area contributed by atoms with Gasteiger partial charge in [0.2, 0.25) is 0 Å². The van der Waals surface area contributed by atoms with Crippen LogP contribution in [0.2, 0.25) is 0 Å². The van der Waals surface area contributed by atoms with Gasteiger partial charge >= 0.3 is 0 Å². The number of rotatable bonds is 6. The van der Waals surface area contributed by atoms with Gasteiger partial charge in [0.1, 0.15) is 5.82 Å². The van der Waals surface area contributed by atoms with Crippen LogP contribution in [0, 0.1) is 17.7 Å². The van der Waals surface area contributed by atoms with Crippen molar-refractivity contribution in [2.75, 3.05) is 12.3 Å². The van der Waals surface area contributed by atoms with Gasteiger partial charge in [-0.25, -0.2) is 4.39 Å². The lowest BCUT2D eigenvalue weighted by atomic mass is 10.1. The molecule has 2 N–H and O–H groups in total. The third-order valence-electron chi connectivity index (χ3n) is 2.54. The van der Waals surface area contributed by atoms with Crippen LogP contribution in [0.25, 0.3) is 0 Å². The molecular formula is C15H20FNS. The molecule has 0 aliphatic carbocycles. The van der Waals surface area contributed by atoms with Crippen LogP contribution in [-0.2, 0) is 5.75 Å². The maximum atomic E-state index is 13.7. The van der Waals surface area contributed by atoms with Crippen LogP contribution in [0.1, 0.15) is 37.3 Å². The van der Waals surface area contributed by atoms with E-state index in [0.29, 0.717) is 12.1 Å². The molecule has 0 bridgehead atoms. The maximum absolute atomic E-state index is 13.7. The van der Waals surface area contributed by atoms with Gasteiger partial charge in [-0.15, -0.1) is 0 Å². The van der Waals surface area contributed by atoms with Crippen molar-refractivity contribution >= 4 is 11.8 Å². The Kier molecular flexibility index (Phi) is 7.55. The Morgan fingerprint density at radius 1 is 1.33 bits per heavy atom. The summed E-state index contributed by atoms with van der Waals surface area (Å²) in [7, 11) is 0. The lowest BCUT2D eigenvalue weighted by Gasteiger charge is -2.04. The standard InChI is InChI=1S/C15H20FNS/c1-2-3-4-10-18-12-14-8-7-13(6-5-9-17)11-15(14)16/h7-8,11H,2-4,9-10,12,17H2,1H3. The number of hydrogen-bond donors (Lipinski definition) is 1. The fourth-order valence-electron chi connectivity index (χ4n) is 1.53. The van der Waals surface area contributed by atoms with Crippen molar-refractivity contribution in [3.63, 3.8) is 0 Å². The minimum Gasteiger partial charge on any atom is -0.320 e. The van der Waals surface area contributed by atoms with Gasteiger partial charge in [-0.1, -0.05) is 37.7 Å². The van der Waals surface area contributed by atoms with E-state index in [1.807, 2.05) is 12.1 Å². The molecule has 0 atom stereocenters. The van der Waals surface area contributed by atoms with Crippen LogP contribution in [0.5, 0.6) is 0 Å². The molecule has 1 aromatic carbocycles. The number of benzene rings is 1. The van der Waals surface area contributed by atoms with E-state index in [0.717, 1.165) is 17.1 Å². The molecule has 0 spiro atoms. The summed E-state index contributed by atoms with van der Waals surface area (Å²) < 4.78 is 13.7. The van der Waals surface area contributed by atoms with Crippen molar-refractivity contribution < 1.29 is 4.39 Å². The van der Waals surface area contributed by atoms with Crippen molar-refractivity contribution in [3.05, 3.63) is 35.1 Å². The molecule has 0 unspecified atom stereocenters. The second-order valence-electron chi connectivity index (χ2n) is 4.07. The molecule has 0 aromatic heterocycles. The van der Waals surface area contributed by atoms with Crippen molar-refractivity contribution in [1.82, 2.24) is 0 Å². The lowest BCUT2D eigenvalue weighted by Crippen LogP contribution is -1.94. The van der Waals surface area contributed by atoms with Crippen molar-refractivity contribution in [3.8, 4) is 11.8 Å². The number of halogens is 1. The zero-order chi connectivity index (χ0) is 13.2. The Morgan fingerprint density at radius 2 is 2.17 bits per heavy atom. The van der Waals surface area contributed by atoms with E-state index >= 15 is 0 Å². The summed E-state index contributed by atoms with van der Waals surface area (Å²) >= 11 is 1.79. The molecule has 3 heteroatoms. The minimum atomic E-state index is -0.165. The molecule has 0 heterocycles. The first-order chi connectivity index (χ1) is 8.77. The monoisotopic (exact) mass is 265 g/mol. The lowest BCUT2D eigenvalue weighted by molar-refractivity contribution is 0.617. The number of unbranched alkanes of at least 4 members (excludes halogenated alkanes) is 2. The van der Waals surface area contributed by atoms with Crippen molar-refractivity contribution in [2.45, 2.75) is 31.9 Å². The fraction of sp³-hybridized carbons (Fsp3) is 0.467. The molecule has 98 valence electrons. The van der Waals surface area contributed by atoms with E-state index in [2.05, 4.69) is 18.8 Å². The Labute approximate surface area is 113 Å². The van der Waals surface area contributed by atoms with E-state index in [-0.39, 0.29) is 5.82 Å². The molecule has 1 nitrogen and oxygen atoms in total. The summed E-state index contributed by atoms with van der Waals surface area (Å²) in [6.07, 6.45) is 3.69. The summed E-state index contributed by atoms with van der Waals surface area (Å²) in [4.78, 5) is 0. The topological polar surface area (TPSA) is 26.0 Å². The fourth-order valence-corrected chi connectivity index (χ4v) is 2.54. The normalized spacial score (nSPS) is 9.94. The first-order valence-electron chi connectivity index (χ1n) is 6.33. The van der Waals surface area contributed by atoms with Crippen LogP contribution >= 0.6 is 11.8 Å². The Morgan fingerprint density at radius 3 is 2.83 bits per heavy atom. The quantitative estimate of drug-likeness (QED) is 0.628. The van der Waals surface area contributed by atoms with Gasteiger partial charge in [-0.2, -0.15) is 11.8 Å². The van der Waals surface area contributed by atoms with Crippen LogP contribution in [-0.4, -0.2) is 12.3 Å². The summed E-state index contributed by atoms with van der Waals surface area (Å²) in [5.74, 6) is 7.23. The largest absolute Gasteiger partial charge is 0.320 e. The van der Waals surface area contributed by atoms with E-state index < -0.39 is 0 Å². The second-order valence-corrected chi connectivity index (χ2v) is 5.18. The van der Waals surface area contributed by atoms with Gasteiger partial charge in [0, 0.05) is 11.3 Å². The van der Waals surface area contributed by atoms with Gasteiger partial charge in [-0.3, -0.25) is 0 Å². The van der Waals surface area contributed by atoms with Crippen LogP contribution in [0.3, 0.4) is 0 Å². The van der Waals surface area contributed by atoms with Gasteiger partial charge in [0.15, 0.2) is 0 Å². The highest BCUT2D eigenvalue weighted by Crippen LogP contribution is 2.18. The zero-order valence-electron chi connectivity index (χ0n) is 10.8. The molecule has 0 aliphatic heterocycles. The predicted octanol–water partition coefficient (Wildman–Crippen LogP) is 3.56. The minimum absolute atomic E-state index is 0.165. The summed E-state index contributed by atoms with van der Waals surface area (Å²) in [6, 6.07) is 5.17. The summed E-state index contributed by atoms with van der Waals surface area (Å²) in [5.41, 5.74) is 6.73. The SMILES string of the molecule is CCCCCSCc1ccc(C#CCN)cc1F. The number of thioether (sulfide) groups is 1. The molecular weight excluding hydrogens is 245 g/mol. The third-order valence-corrected chi connectivity index (χ3v) is 3.63. The first kappa shape index (κ1) is 15.1. The third kappa shape index (κ3) is 5.57. The van der Waals surface area contributed by atoms with Gasteiger partial charge in [-0.05, 0) is 29.9 Å². The van der Waals surface area contributed by atoms with Gasteiger partial charge in [0.05, 0.1) is 6.54 Å². The molecule has 0 aliphatic rings. The average Bonchev–Trinajstić information content (AvgIpc) is 2.38. The highest BCUT2D eigenvalue weighted by Gasteiger charge is 2.02. The molecule has 0 fully saturated rings. The Bertz CT molecular complexity index is 420. The number of hydrogen-bond acceptors (Lipinski definition) is 2. The van der Waals surface area contributed by atoms with Crippen molar-refractivity contribution in [2.24, 2.45) is 5.73 Å². The summed E-state index contributed by atoms with van der Waals surface area (Å²) in [6.45, 7) is 2.49. The van der Waals surface area contributed by atoms with Crippen LogP contribution < -0.4 is 5.73 Å². The first-order valence-corrected chi connectivity index (χ1v) is 7.48. The average molecular weight is 265 g/mol. The Hall–Kier alpha value is -0.980. The van der Waals surface area contributed by atoms with Crippen molar-refractivity contribution in [1.29, 1.82) is 0 Å². The predicted molar refractivity (Wildman–Crippen MR) is 78.0 cm³/mol. The van der Waals surface area contributed by atoms with Gasteiger partial charge < -0.3 is 5.73 Å². The Balaban J connectivity index is 2.47. The number of nitrogens with two attached hydrogens (primary N) is 1. The van der Waals surface area contributed by atoms with Gasteiger partial charge in [0.25, 0.3) is 0 Å². The highest BCUT2D eigenvalue weighted by atomic mass is 32.2. The molecule has 1 rings (SSSR count). The van der Waals surface area contributed by atoms with E-state index in [9.17, 15) is 4.39 Å². The smallest absolute Gasteiger partial charge is 0.128 e. The zero-order valence-corrected chi connectivity index (χ0v) is 11.7. The maximum Gasteiger partial charge on any atom is 0.128 e. The molecule has 18 heavy (non-hydrogen) atoms. The molecule has 0 radical (unpaired) electrons. The van der Waals surface area contributed by atoms with E-state index in [1.54, 1.807) is 11.8 Å².